The number of aromatic nitrogens is 3. The molecule has 2 heterocycles. The number of aryl methyl sites for hydroxylation is 1. The Kier molecular flexibility index (Phi) is 3.50. The van der Waals surface area contributed by atoms with Crippen LogP contribution < -0.4 is 0 Å². The highest BCUT2D eigenvalue weighted by molar-refractivity contribution is 5.92. The van der Waals surface area contributed by atoms with Crippen molar-refractivity contribution in [2.24, 2.45) is 0 Å². The Hall–Kier alpha value is -2.17. The first-order valence-corrected chi connectivity index (χ1v) is 6.96. The van der Waals surface area contributed by atoms with Crippen molar-refractivity contribution >= 4 is 5.91 Å². The van der Waals surface area contributed by atoms with Crippen molar-refractivity contribution < 1.29 is 4.79 Å². The van der Waals surface area contributed by atoms with Crippen LogP contribution in [-0.4, -0.2) is 38.8 Å². The molecular formula is C15H18N4O. The first kappa shape index (κ1) is 12.8. The van der Waals surface area contributed by atoms with Gasteiger partial charge in [0.15, 0.2) is 5.69 Å². The summed E-state index contributed by atoms with van der Waals surface area (Å²) in [6.07, 6.45) is 4.51. The van der Waals surface area contributed by atoms with Gasteiger partial charge >= 0.3 is 0 Å². The molecule has 1 atom stereocenters. The van der Waals surface area contributed by atoms with Gasteiger partial charge in [-0.05, 0) is 31.7 Å². The number of carbonyl (C=O) groups excluding carboxylic acids is 1. The summed E-state index contributed by atoms with van der Waals surface area (Å²) in [5.74, 6) is -0.0200. The van der Waals surface area contributed by atoms with Gasteiger partial charge in [-0.3, -0.25) is 4.79 Å². The van der Waals surface area contributed by atoms with E-state index in [4.69, 9.17) is 0 Å². The van der Waals surface area contributed by atoms with E-state index in [0.29, 0.717) is 5.69 Å². The van der Waals surface area contributed by atoms with Gasteiger partial charge < -0.3 is 4.90 Å². The summed E-state index contributed by atoms with van der Waals surface area (Å²) >= 11 is 0. The van der Waals surface area contributed by atoms with Crippen LogP contribution in [0.3, 0.4) is 0 Å². The Morgan fingerprint density at radius 2 is 2.20 bits per heavy atom. The third kappa shape index (κ3) is 2.57. The number of carbonyl (C=O) groups is 1. The van der Waals surface area contributed by atoms with Crippen LogP contribution >= 0.6 is 0 Å². The molecule has 0 radical (unpaired) electrons. The quantitative estimate of drug-likeness (QED) is 0.927. The van der Waals surface area contributed by atoms with Gasteiger partial charge in [-0.15, -0.1) is 0 Å². The molecule has 1 aliphatic heterocycles. The monoisotopic (exact) mass is 270 g/mol. The lowest BCUT2D eigenvalue weighted by Crippen LogP contribution is -2.37. The highest BCUT2D eigenvalue weighted by atomic mass is 16.2. The highest BCUT2D eigenvalue weighted by Gasteiger charge is 2.30. The zero-order valence-corrected chi connectivity index (χ0v) is 11.5. The summed E-state index contributed by atoms with van der Waals surface area (Å²) in [4.78, 5) is 14.3. The van der Waals surface area contributed by atoms with Gasteiger partial charge in [-0.1, -0.05) is 29.8 Å². The fraction of sp³-hybridized carbons (Fsp3) is 0.400. The van der Waals surface area contributed by atoms with E-state index in [-0.39, 0.29) is 11.9 Å². The first-order valence-electron chi connectivity index (χ1n) is 6.96. The molecule has 20 heavy (non-hydrogen) atoms. The van der Waals surface area contributed by atoms with Crippen LogP contribution in [0.15, 0.2) is 30.5 Å². The molecular weight excluding hydrogens is 252 g/mol. The number of likely N-dealkylation sites (tertiary alicyclic amines) is 1. The summed E-state index contributed by atoms with van der Waals surface area (Å²) in [5, 5.41) is 10.1. The topological polar surface area (TPSA) is 61.9 Å². The Bertz CT molecular complexity index is 576. The van der Waals surface area contributed by atoms with Crippen molar-refractivity contribution in [3.63, 3.8) is 0 Å². The van der Waals surface area contributed by atoms with Gasteiger partial charge in [0.05, 0.1) is 6.20 Å². The smallest absolute Gasteiger partial charge is 0.276 e. The second-order valence-electron chi connectivity index (χ2n) is 5.34. The third-order valence-corrected chi connectivity index (χ3v) is 3.86. The minimum absolute atomic E-state index is 0.0200. The first-order chi connectivity index (χ1) is 9.74. The Morgan fingerprint density at radius 1 is 1.40 bits per heavy atom. The number of nitrogens with zero attached hydrogens (tertiary/aromatic N) is 3. The largest absolute Gasteiger partial charge is 0.334 e. The van der Waals surface area contributed by atoms with Crippen LogP contribution in [-0.2, 0) is 6.42 Å². The average Bonchev–Trinajstić information content (AvgIpc) is 3.12. The third-order valence-electron chi connectivity index (χ3n) is 3.86. The van der Waals surface area contributed by atoms with Gasteiger partial charge in [0.25, 0.3) is 5.91 Å². The van der Waals surface area contributed by atoms with Crippen molar-refractivity contribution in [1.29, 1.82) is 0 Å². The molecule has 0 unspecified atom stereocenters. The summed E-state index contributed by atoms with van der Waals surface area (Å²) < 4.78 is 0. The van der Waals surface area contributed by atoms with E-state index in [9.17, 15) is 4.79 Å². The van der Waals surface area contributed by atoms with Crippen molar-refractivity contribution in [1.82, 2.24) is 20.3 Å². The van der Waals surface area contributed by atoms with Gasteiger partial charge in [0, 0.05) is 12.6 Å². The van der Waals surface area contributed by atoms with Crippen molar-refractivity contribution in [3.05, 3.63) is 47.3 Å². The number of rotatable bonds is 3. The lowest BCUT2D eigenvalue weighted by molar-refractivity contribution is 0.0730. The Labute approximate surface area is 118 Å². The maximum atomic E-state index is 12.4. The second-order valence-corrected chi connectivity index (χ2v) is 5.34. The molecule has 1 amide bonds. The van der Waals surface area contributed by atoms with Crippen LogP contribution in [0.5, 0.6) is 0 Å². The summed E-state index contributed by atoms with van der Waals surface area (Å²) in [7, 11) is 0. The highest BCUT2D eigenvalue weighted by Crippen LogP contribution is 2.22. The zero-order valence-electron chi connectivity index (χ0n) is 11.5. The predicted octanol–water partition coefficient (Wildman–Crippen LogP) is 1.96. The normalized spacial score (nSPS) is 18.4. The van der Waals surface area contributed by atoms with Crippen LogP contribution in [0.2, 0.25) is 0 Å². The van der Waals surface area contributed by atoms with Gasteiger partial charge in [-0.2, -0.15) is 15.4 Å². The fourth-order valence-corrected chi connectivity index (χ4v) is 2.76. The molecule has 5 nitrogen and oxygen atoms in total. The Balaban J connectivity index is 1.72. The number of H-pyrrole nitrogens is 1. The number of aromatic amines is 1. The van der Waals surface area contributed by atoms with E-state index >= 15 is 0 Å². The van der Waals surface area contributed by atoms with Crippen LogP contribution in [0.4, 0.5) is 0 Å². The molecule has 5 heteroatoms. The fourth-order valence-electron chi connectivity index (χ4n) is 2.76. The van der Waals surface area contributed by atoms with Gasteiger partial charge in [-0.25, -0.2) is 0 Å². The van der Waals surface area contributed by atoms with Crippen LogP contribution in [0.1, 0.15) is 34.5 Å². The molecule has 1 N–H and O–H groups in total. The molecule has 3 rings (SSSR count). The van der Waals surface area contributed by atoms with E-state index in [1.54, 1.807) is 0 Å². The molecule has 0 saturated carbocycles. The van der Waals surface area contributed by atoms with Crippen molar-refractivity contribution in [2.45, 2.75) is 32.2 Å². The van der Waals surface area contributed by atoms with E-state index < -0.39 is 0 Å². The van der Waals surface area contributed by atoms with Crippen LogP contribution in [0, 0.1) is 6.92 Å². The van der Waals surface area contributed by atoms with Gasteiger partial charge in [0.2, 0.25) is 0 Å². The maximum absolute atomic E-state index is 12.4. The number of hydrogen-bond donors (Lipinski definition) is 1. The molecule has 0 bridgehead atoms. The predicted molar refractivity (Wildman–Crippen MR) is 75.3 cm³/mol. The van der Waals surface area contributed by atoms with E-state index in [2.05, 4.69) is 46.6 Å². The molecule has 0 spiro atoms. The molecule has 1 saturated heterocycles. The maximum Gasteiger partial charge on any atom is 0.276 e. The number of benzene rings is 1. The van der Waals surface area contributed by atoms with Crippen LogP contribution in [0.25, 0.3) is 0 Å². The van der Waals surface area contributed by atoms with E-state index in [1.807, 2.05) is 4.90 Å². The molecule has 1 aliphatic rings. The minimum atomic E-state index is -0.0200. The minimum Gasteiger partial charge on any atom is -0.334 e. The average molecular weight is 270 g/mol. The van der Waals surface area contributed by atoms with E-state index in [0.717, 1.165) is 25.8 Å². The Morgan fingerprint density at radius 3 is 2.90 bits per heavy atom. The lowest BCUT2D eigenvalue weighted by Gasteiger charge is -2.24. The lowest BCUT2D eigenvalue weighted by atomic mass is 10.0. The summed E-state index contributed by atoms with van der Waals surface area (Å²) in [6.45, 7) is 2.89. The van der Waals surface area contributed by atoms with Crippen molar-refractivity contribution in [2.75, 3.05) is 6.54 Å². The molecule has 104 valence electrons. The second kappa shape index (κ2) is 5.45. The van der Waals surface area contributed by atoms with E-state index in [1.165, 1.54) is 17.3 Å². The number of amides is 1. The standard InChI is InChI=1S/C15H18N4O/c1-11-4-6-12(7-5-11)9-13-3-2-8-19(13)15(20)14-10-16-18-17-14/h4-7,10,13H,2-3,8-9H2,1H3,(H,16,17,18)/t13-/m1/s1. The number of nitrogens with one attached hydrogen (secondary N) is 1. The SMILES string of the molecule is Cc1ccc(C[C@H]2CCCN2C(=O)c2cn[nH]n2)cc1. The molecule has 1 fully saturated rings. The molecule has 1 aromatic carbocycles. The molecule has 0 aliphatic carbocycles. The number of hydrogen-bond acceptors (Lipinski definition) is 3. The van der Waals surface area contributed by atoms with Gasteiger partial charge in [0.1, 0.15) is 0 Å². The molecule has 1 aromatic heterocycles. The van der Waals surface area contributed by atoms with Crippen molar-refractivity contribution in [3.8, 4) is 0 Å². The zero-order chi connectivity index (χ0) is 13.9. The summed E-state index contributed by atoms with van der Waals surface area (Å²) in [6, 6.07) is 8.79. The molecule has 2 aromatic rings. The summed E-state index contributed by atoms with van der Waals surface area (Å²) in [5.41, 5.74) is 2.94.